The van der Waals surface area contributed by atoms with Gasteiger partial charge in [0, 0.05) is 13.0 Å². The number of ether oxygens (including phenoxy) is 1. The second-order valence-electron chi connectivity index (χ2n) is 3.80. The molecule has 1 unspecified atom stereocenters. The monoisotopic (exact) mass is 257 g/mol. The van der Waals surface area contributed by atoms with Crippen LogP contribution in [0, 0.1) is 6.92 Å². The molecule has 0 fully saturated rings. The first-order valence-corrected chi connectivity index (χ1v) is 5.77. The third-order valence-electron chi connectivity index (χ3n) is 2.29. The molecule has 1 amide bonds. The predicted molar refractivity (Wildman–Crippen MR) is 66.7 cm³/mol. The molecular weight excluding hydrogens is 242 g/mol. The average Bonchev–Trinajstić information content (AvgIpc) is 2.31. The zero-order valence-corrected chi connectivity index (χ0v) is 10.6. The SMILES string of the molecule is COCC(CCl)NC(=O)c1cc(C)ccc1O. The van der Waals surface area contributed by atoms with Crippen LogP contribution in [0.1, 0.15) is 15.9 Å². The van der Waals surface area contributed by atoms with Gasteiger partial charge in [0.1, 0.15) is 5.75 Å². The first-order chi connectivity index (χ1) is 8.08. The van der Waals surface area contributed by atoms with Gasteiger partial charge in [-0.15, -0.1) is 11.6 Å². The Labute approximate surface area is 106 Å². The molecular formula is C12H16ClNO3. The van der Waals surface area contributed by atoms with E-state index >= 15 is 0 Å². The summed E-state index contributed by atoms with van der Waals surface area (Å²) in [6, 6.07) is 4.59. The number of alkyl halides is 1. The van der Waals surface area contributed by atoms with Gasteiger partial charge in [-0.1, -0.05) is 11.6 Å². The lowest BCUT2D eigenvalue weighted by Gasteiger charge is -2.15. The van der Waals surface area contributed by atoms with E-state index < -0.39 is 0 Å². The van der Waals surface area contributed by atoms with E-state index in [1.807, 2.05) is 6.92 Å². The summed E-state index contributed by atoms with van der Waals surface area (Å²) in [5.74, 6) is -0.140. The topological polar surface area (TPSA) is 58.6 Å². The van der Waals surface area contributed by atoms with Crippen molar-refractivity contribution in [2.24, 2.45) is 0 Å². The lowest BCUT2D eigenvalue weighted by molar-refractivity contribution is 0.0904. The molecule has 0 spiro atoms. The zero-order chi connectivity index (χ0) is 12.8. The van der Waals surface area contributed by atoms with Crippen LogP contribution in [0.5, 0.6) is 5.75 Å². The number of aromatic hydroxyl groups is 1. The summed E-state index contributed by atoms with van der Waals surface area (Å²) < 4.78 is 4.92. The third kappa shape index (κ3) is 3.91. The Hall–Kier alpha value is -1.26. The van der Waals surface area contributed by atoms with Crippen LogP contribution in [0.2, 0.25) is 0 Å². The van der Waals surface area contributed by atoms with Crippen molar-refractivity contribution in [1.82, 2.24) is 5.32 Å². The van der Waals surface area contributed by atoms with Crippen molar-refractivity contribution in [2.45, 2.75) is 13.0 Å². The smallest absolute Gasteiger partial charge is 0.255 e. The summed E-state index contributed by atoms with van der Waals surface area (Å²) in [7, 11) is 1.54. The maximum Gasteiger partial charge on any atom is 0.255 e. The Morgan fingerprint density at radius 2 is 2.29 bits per heavy atom. The fourth-order valence-electron chi connectivity index (χ4n) is 1.42. The van der Waals surface area contributed by atoms with Gasteiger partial charge in [-0.2, -0.15) is 0 Å². The van der Waals surface area contributed by atoms with E-state index in [9.17, 15) is 9.90 Å². The van der Waals surface area contributed by atoms with Crippen molar-refractivity contribution in [3.8, 4) is 5.75 Å². The standard InChI is InChI=1S/C12H16ClNO3/c1-8-3-4-11(15)10(5-8)12(16)14-9(6-13)7-17-2/h3-5,9,15H,6-7H2,1-2H3,(H,14,16). The van der Waals surface area contributed by atoms with Gasteiger partial charge < -0.3 is 15.2 Å². The van der Waals surface area contributed by atoms with E-state index in [1.54, 1.807) is 12.1 Å². The van der Waals surface area contributed by atoms with Gasteiger partial charge in [-0.3, -0.25) is 4.79 Å². The molecule has 0 heterocycles. The fourth-order valence-corrected chi connectivity index (χ4v) is 1.59. The summed E-state index contributed by atoms with van der Waals surface area (Å²) in [5, 5.41) is 12.3. The summed E-state index contributed by atoms with van der Waals surface area (Å²) in [6.45, 7) is 2.19. The largest absolute Gasteiger partial charge is 0.507 e. The van der Waals surface area contributed by atoms with Crippen LogP contribution in [0.4, 0.5) is 0 Å². The molecule has 0 radical (unpaired) electrons. The van der Waals surface area contributed by atoms with Crippen molar-refractivity contribution >= 4 is 17.5 Å². The molecule has 1 atom stereocenters. The fraction of sp³-hybridized carbons (Fsp3) is 0.417. The second kappa shape index (κ2) is 6.47. The summed E-state index contributed by atoms with van der Waals surface area (Å²) in [6.07, 6.45) is 0. The van der Waals surface area contributed by atoms with Crippen LogP contribution in [-0.4, -0.2) is 36.7 Å². The number of benzene rings is 1. The minimum Gasteiger partial charge on any atom is -0.507 e. The molecule has 1 aromatic carbocycles. The Kier molecular flexibility index (Phi) is 5.25. The molecule has 2 N–H and O–H groups in total. The number of carbonyl (C=O) groups excluding carboxylic acids is 1. The van der Waals surface area contributed by atoms with Crippen LogP contribution >= 0.6 is 11.6 Å². The molecule has 94 valence electrons. The minimum atomic E-state index is -0.353. The molecule has 0 aliphatic carbocycles. The van der Waals surface area contributed by atoms with Gasteiger partial charge in [0.15, 0.2) is 0 Å². The molecule has 17 heavy (non-hydrogen) atoms. The van der Waals surface area contributed by atoms with Crippen LogP contribution in [0.3, 0.4) is 0 Å². The number of phenols is 1. The van der Waals surface area contributed by atoms with Gasteiger partial charge in [-0.25, -0.2) is 0 Å². The molecule has 0 saturated carbocycles. The van der Waals surface area contributed by atoms with Gasteiger partial charge in [0.25, 0.3) is 5.91 Å². The van der Waals surface area contributed by atoms with Crippen LogP contribution in [0.25, 0.3) is 0 Å². The van der Waals surface area contributed by atoms with E-state index in [4.69, 9.17) is 16.3 Å². The molecule has 0 saturated heterocycles. The molecule has 4 nitrogen and oxygen atoms in total. The van der Waals surface area contributed by atoms with E-state index in [2.05, 4.69) is 5.32 Å². The van der Waals surface area contributed by atoms with Crippen LogP contribution in [-0.2, 0) is 4.74 Å². The Bertz CT molecular complexity index is 395. The number of hydrogen-bond donors (Lipinski definition) is 2. The summed E-state index contributed by atoms with van der Waals surface area (Å²) in [5.41, 5.74) is 1.15. The van der Waals surface area contributed by atoms with Crippen molar-refractivity contribution in [3.63, 3.8) is 0 Å². The Morgan fingerprint density at radius 3 is 2.88 bits per heavy atom. The number of aryl methyl sites for hydroxylation is 1. The Morgan fingerprint density at radius 1 is 1.59 bits per heavy atom. The van der Waals surface area contributed by atoms with Crippen LogP contribution < -0.4 is 5.32 Å². The van der Waals surface area contributed by atoms with Gasteiger partial charge in [0.05, 0.1) is 18.2 Å². The molecule has 1 aromatic rings. The highest BCUT2D eigenvalue weighted by atomic mass is 35.5. The number of methoxy groups -OCH3 is 1. The maximum absolute atomic E-state index is 11.9. The van der Waals surface area contributed by atoms with Crippen molar-refractivity contribution in [3.05, 3.63) is 29.3 Å². The lowest BCUT2D eigenvalue weighted by Crippen LogP contribution is -2.39. The van der Waals surface area contributed by atoms with Gasteiger partial charge in [0.2, 0.25) is 0 Å². The van der Waals surface area contributed by atoms with Crippen LogP contribution in [0.15, 0.2) is 18.2 Å². The molecule has 5 heteroatoms. The number of hydrogen-bond acceptors (Lipinski definition) is 3. The van der Waals surface area contributed by atoms with Crippen molar-refractivity contribution in [2.75, 3.05) is 19.6 Å². The van der Waals surface area contributed by atoms with Gasteiger partial charge >= 0.3 is 0 Å². The zero-order valence-electron chi connectivity index (χ0n) is 9.87. The van der Waals surface area contributed by atoms with Gasteiger partial charge in [-0.05, 0) is 19.1 Å². The average molecular weight is 258 g/mol. The first kappa shape index (κ1) is 13.8. The number of nitrogens with one attached hydrogen (secondary N) is 1. The van der Waals surface area contributed by atoms with E-state index in [0.29, 0.717) is 6.61 Å². The quantitative estimate of drug-likeness (QED) is 0.789. The first-order valence-electron chi connectivity index (χ1n) is 5.24. The number of rotatable bonds is 5. The summed E-state index contributed by atoms with van der Waals surface area (Å²) in [4.78, 5) is 11.9. The van der Waals surface area contributed by atoms with E-state index in [0.717, 1.165) is 5.56 Å². The highest BCUT2D eigenvalue weighted by Gasteiger charge is 2.15. The Balaban J connectivity index is 2.78. The van der Waals surface area contributed by atoms with Crippen molar-refractivity contribution in [1.29, 1.82) is 0 Å². The molecule has 0 aliphatic rings. The number of amides is 1. The highest BCUT2D eigenvalue weighted by molar-refractivity contribution is 6.18. The number of phenolic OH excluding ortho intramolecular Hbond substituents is 1. The molecule has 0 aliphatic heterocycles. The van der Waals surface area contributed by atoms with E-state index in [1.165, 1.54) is 13.2 Å². The molecule has 0 aromatic heterocycles. The highest BCUT2D eigenvalue weighted by Crippen LogP contribution is 2.18. The normalized spacial score (nSPS) is 12.2. The summed E-state index contributed by atoms with van der Waals surface area (Å²) >= 11 is 5.69. The lowest BCUT2D eigenvalue weighted by atomic mass is 10.1. The molecule has 0 bridgehead atoms. The number of carbonyl (C=O) groups is 1. The third-order valence-corrected chi connectivity index (χ3v) is 2.66. The van der Waals surface area contributed by atoms with E-state index in [-0.39, 0.29) is 29.1 Å². The maximum atomic E-state index is 11.9. The van der Waals surface area contributed by atoms with Crippen molar-refractivity contribution < 1.29 is 14.6 Å². The predicted octanol–water partition coefficient (Wildman–Crippen LogP) is 1.68. The molecule has 1 rings (SSSR count). The number of halogens is 1. The second-order valence-corrected chi connectivity index (χ2v) is 4.11. The minimum absolute atomic E-state index is 0.0427.